The van der Waals surface area contributed by atoms with Gasteiger partial charge in [-0.15, -0.1) is 0 Å². The van der Waals surface area contributed by atoms with Crippen LogP contribution < -0.4 is 5.32 Å². The van der Waals surface area contributed by atoms with Crippen LogP contribution in [0.1, 0.15) is 19.3 Å². The van der Waals surface area contributed by atoms with Crippen molar-refractivity contribution in [3.63, 3.8) is 0 Å². The Morgan fingerprint density at radius 2 is 1.89 bits per heavy atom. The lowest BCUT2D eigenvalue weighted by Crippen LogP contribution is -2.59. The zero-order valence-electron chi connectivity index (χ0n) is 10.9. The van der Waals surface area contributed by atoms with Gasteiger partial charge in [-0.05, 0) is 45.3 Å². The van der Waals surface area contributed by atoms with Gasteiger partial charge in [-0.1, -0.05) is 0 Å². The largest absolute Gasteiger partial charge is 0.330 e. The van der Waals surface area contributed by atoms with Crippen LogP contribution >= 0.6 is 0 Å². The summed E-state index contributed by atoms with van der Waals surface area (Å²) in [5, 5.41) is 1.85. The second-order valence-electron chi connectivity index (χ2n) is 5.18. The van der Waals surface area contributed by atoms with Crippen LogP contribution in [0.2, 0.25) is 0 Å². The van der Waals surface area contributed by atoms with E-state index in [2.05, 4.69) is 11.9 Å². The molecule has 0 aliphatic carbocycles. The Bertz CT molecular complexity index is 394. The monoisotopic (exact) mass is 271 g/mol. The molecule has 4 amide bonds. The highest BCUT2D eigenvalue weighted by Crippen LogP contribution is 2.20. The standard InChI is InChI=1S/C12H18FN3O3/c1-15-5-2-8(3-6-15)4-7-16-11(18)9(13)10(17)14-12(16)19/h8-9H,2-7H2,1H3,(H,14,17,19). The molecule has 2 heterocycles. The number of amides is 4. The lowest BCUT2D eigenvalue weighted by atomic mass is 9.93. The number of barbiturate groups is 1. The lowest BCUT2D eigenvalue weighted by molar-refractivity contribution is -0.144. The van der Waals surface area contributed by atoms with Gasteiger partial charge in [0.25, 0.3) is 18.0 Å². The van der Waals surface area contributed by atoms with Crippen LogP contribution in [0.5, 0.6) is 0 Å². The first-order chi connectivity index (χ1) is 8.99. The Morgan fingerprint density at radius 3 is 2.53 bits per heavy atom. The molecular formula is C12H18FN3O3. The molecule has 2 fully saturated rings. The minimum atomic E-state index is -2.25. The number of rotatable bonds is 3. The zero-order valence-corrected chi connectivity index (χ0v) is 10.9. The summed E-state index contributed by atoms with van der Waals surface area (Å²) in [5.74, 6) is -1.76. The fraction of sp³-hybridized carbons (Fsp3) is 0.750. The molecule has 2 aliphatic heterocycles. The Balaban J connectivity index is 1.86. The summed E-state index contributed by atoms with van der Waals surface area (Å²) in [6.45, 7) is 2.16. The quantitative estimate of drug-likeness (QED) is 0.741. The molecule has 1 N–H and O–H groups in total. The molecule has 0 saturated carbocycles. The topological polar surface area (TPSA) is 69.7 Å². The summed E-state index contributed by atoms with van der Waals surface area (Å²) >= 11 is 0. The van der Waals surface area contributed by atoms with E-state index >= 15 is 0 Å². The maximum absolute atomic E-state index is 13.2. The van der Waals surface area contributed by atoms with Crippen LogP contribution in [0, 0.1) is 5.92 Å². The zero-order chi connectivity index (χ0) is 14.0. The number of imide groups is 2. The number of halogens is 1. The van der Waals surface area contributed by atoms with E-state index in [1.807, 2.05) is 5.32 Å². The van der Waals surface area contributed by atoms with E-state index < -0.39 is 24.0 Å². The van der Waals surface area contributed by atoms with E-state index in [4.69, 9.17) is 0 Å². The van der Waals surface area contributed by atoms with Crippen LogP contribution in [-0.2, 0) is 9.59 Å². The van der Waals surface area contributed by atoms with Crippen LogP contribution in [-0.4, -0.2) is 60.5 Å². The minimum absolute atomic E-state index is 0.173. The molecule has 0 bridgehead atoms. The normalized spacial score (nSPS) is 26.7. The number of urea groups is 1. The van der Waals surface area contributed by atoms with Gasteiger partial charge in [0.2, 0.25) is 0 Å². The van der Waals surface area contributed by atoms with Crippen LogP contribution in [0.15, 0.2) is 0 Å². The maximum atomic E-state index is 13.2. The van der Waals surface area contributed by atoms with Crippen LogP contribution in [0.4, 0.5) is 9.18 Å². The number of alkyl halides is 1. The summed E-state index contributed by atoms with van der Waals surface area (Å²) in [7, 11) is 2.05. The van der Waals surface area contributed by atoms with Gasteiger partial charge >= 0.3 is 6.03 Å². The van der Waals surface area contributed by atoms with Crippen LogP contribution in [0.3, 0.4) is 0 Å². The molecule has 0 aromatic rings. The third kappa shape index (κ3) is 3.09. The Morgan fingerprint density at radius 1 is 1.26 bits per heavy atom. The number of likely N-dealkylation sites (tertiary alicyclic amines) is 1. The molecule has 1 atom stereocenters. The van der Waals surface area contributed by atoms with E-state index in [9.17, 15) is 18.8 Å². The molecule has 19 heavy (non-hydrogen) atoms. The third-order valence-electron chi connectivity index (χ3n) is 3.79. The Hall–Kier alpha value is -1.50. The summed E-state index contributed by atoms with van der Waals surface area (Å²) in [5.41, 5.74) is 0. The smallest absolute Gasteiger partial charge is 0.306 e. The minimum Gasteiger partial charge on any atom is -0.306 e. The van der Waals surface area contributed by atoms with Crippen molar-refractivity contribution < 1.29 is 18.8 Å². The van der Waals surface area contributed by atoms with E-state index in [1.54, 1.807) is 0 Å². The molecule has 2 rings (SSSR count). The molecule has 0 aromatic carbocycles. The van der Waals surface area contributed by atoms with Crippen LogP contribution in [0.25, 0.3) is 0 Å². The summed E-state index contributed by atoms with van der Waals surface area (Å²) < 4.78 is 13.2. The number of nitrogens with one attached hydrogen (secondary N) is 1. The number of nitrogens with zero attached hydrogens (tertiary/aromatic N) is 2. The van der Waals surface area contributed by atoms with Gasteiger partial charge in [-0.2, -0.15) is 0 Å². The van der Waals surface area contributed by atoms with Gasteiger partial charge in [-0.25, -0.2) is 9.18 Å². The average Bonchev–Trinajstić information content (AvgIpc) is 2.38. The number of piperidine rings is 1. The van der Waals surface area contributed by atoms with Gasteiger partial charge in [0, 0.05) is 6.54 Å². The van der Waals surface area contributed by atoms with E-state index in [0.29, 0.717) is 12.3 Å². The molecule has 0 radical (unpaired) electrons. The number of carbonyl (C=O) groups is 3. The highest BCUT2D eigenvalue weighted by molar-refractivity contribution is 6.17. The van der Waals surface area contributed by atoms with E-state index in [1.165, 1.54) is 0 Å². The van der Waals surface area contributed by atoms with Crippen molar-refractivity contribution in [2.45, 2.75) is 25.4 Å². The number of carbonyl (C=O) groups excluding carboxylic acids is 3. The molecule has 106 valence electrons. The Labute approximate surface area is 110 Å². The first-order valence-corrected chi connectivity index (χ1v) is 6.48. The molecule has 0 aromatic heterocycles. The SMILES string of the molecule is CN1CCC(CCN2C(=O)NC(=O)C(F)C2=O)CC1. The van der Waals surface area contributed by atoms with Gasteiger partial charge in [0.05, 0.1) is 0 Å². The van der Waals surface area contributed by atoms with Crippen molar-refractivity contribution in [2.75, 3.05) is 26.7 Å². The van der Waals surface area contributed by atoms with Crippen molar-refractivity contribution >= 4 is 17.8 Å². The van der Waals surface area contributed by atoms with Gasteiger partial charge in [0.15, 0.2) is 0 Å². The highest BCUT2D eigenvalue weighted by atomic mass is 19.1. The van der Waals surface area contributed by atoms with Crippen molar-refractivity contribution in [3.05, 3.63) is 0 Å². The lowest BCUT2D eigenvalue weighted by Gasteiger charge is -2.31. The van der Waals surface area contributed by atoms with Gasteiger partial charge < -0.3 is 4.90 Å². The van der Waals surface area contributed by atoms with Gasteiger partial charge in [-0.3, -0.25) is 19.8 Å². The van der Waals surface area contributed by atoms with E-state index in [0.717, 1.165) is 30.8 Å². The molecule has 2 saturated heterocycles. The highest BCUT2D eigenvalue weighted by Gasteiger charge is 2.40. The molecule has 0 spiro atoms. The fourth-order valence-electron chi connectivity index (χ4n) is 2.46. The van der Waals surface area contributed by atoms with Gasteiger partial charge in [0.1, 0.15) is 0 Å². The first-order valence-electron chi connectivity index (χ1n) is 6.48. The summed E-state index contributed by atoms with van der Waals surface area (Å²) in [6, 6.07) is -0.808. The number of hydrogen-bond donors (Lipinski definition) is 1. The molecule has 2 aliphatic rings. The first kappa shape index (κ1) is 13.9. The molecule has 7 heteroatoms. The van der Waals surface area contributed by atoms with Crippen molar-refractivity contribution in [3.8, 4) is 0 Å². The molecule has 1 unspecified atom stereocenters. The van der Waals surface area contributed by atoms with E-state index in [-0.39, 0.29) is 6.54 Å². The van der Waals surface area contributed by atoms with Crippen molar-refractivity contribution in [1.29, 1.82) is 0 Å². The average molecular weight is 271 g/mol. The molecule has 6 nitrogen and oxygen atoms in total. The van der Waals surface area contributed by atoms with Crippen molar-refractivity contribution in [2.24, 2.45) is 5.92 Å². The second kappa shape index (κ2) is 5.64. The fourth-order valence-corrected chi connectivity index (χ4v) is 2.46. The maximum Gasteiger partial charge on any atom is 0.330 e. The number of hydrogen-bond acceptors (Lipinski definition) is 4. The molecular weight excluding hydrogens is 253 g/mol. The third-order valence-corrected chi connectivity index (χ3v) is 3.79. The predicted molar refractivity (Wildman–Crippen MR) is 65.0 cm³/mol. The predicted octanol–water partition coefficient (Wildman–Crippen LogP) is 0.135. The van der Waals surface area contributed by atoms with Crippen molar-refractivity contribution in [1.82, 2.24) is 15.1 Å². The summed E-state index contributed by atoms with van der Waals surface area (Å²) in [6.07, 6.45) is 0.430. The second-order valence-corrected chi connectivity index (χ2v) is 5.18. The Kier molecular flexibility index (Phi) is 4.14. The summed E-state index contributed by atoms with van der Waals surface area (Å²) in [4.78, 5) is 37.0.